The van der Waals surface area contributed by atoms with Crippen molar-refractivity contribution in [1.29, 1.82) is 0 Å². The van der Waals surface area contributed by atoms with Gasteiger partial charge in [-0.25, -0.2) is 0 Å². The zero-order valence-corrected chi connectivity index (χ0v) is 16.9. The van der Waals surface area contributed by atoms with Crippen molar-refractivity contribution in [3.05, 3.63) is 58.7 Å². The number of aryl methyl sites for hydroxylation is 3. The van der Waals surface area contributed by atoms with E-state index in [1.807, 2.05) is 19.1 Å². The number of nitrogens with one attached hydrogen (secondary N) is 1. The fourth-order valence-electron chi connectivity index (χ4n) is 3.71. The van der Waals surface area contributed by atoms with E-state index in [1.165, 1.54) is 0 Å². The van der Waals surface area contributed by atoms with E-state index >= 15 is 0 Å². The van der Waals surface area contributed by atoms with E-state index in [0.717, 1.165) is 40.2 Å². The molecule has 0 spiro atoms. The fraction of sp³-hybridized carbons (Fsp3) is 0.435. The summed E-state index contributed by atoms with van der Waals surface area (Å²) in [6, 6.07) is 12.2. The van der Waals surface area contributed by atoms with Gasteiger partial charge in [0.1, 0.15) is 17.1 Å². The Morgan fingerprint density at radius 1 is 1.22 bits per heavy atom. The lowest BCUT2D eigenvalue weighted by atomic mass is 9.89. The topological polar surface area (TPSA) is 47.6 Å². The molecular formula is C23H29NO3. The van der Waals surface area contributed by atoms with Gasteiger partial charge in [-0.2, -0.15) is 0 Å². The Bertz CT molecular complexity index is 842. The van der Waals surface area contributed by atoms with E-state index in [2.05, 4.69) is 50.4 Å². The molecule has 0 saturated carbocycles. The zero-order chi connectivity index (χ0) is 19.6. The highest BCUT2D eigenvalue weighted by molar-refractivity contribution is 5.77. The average molecular weight is 367 g/mol. The van der Waals surface area contributed by atoms with Gasteiger partial charge in [0, 0.05) is 18.4 Å². The number of fused-ring (bicyclic) bond motifs is 1. The van der Waals surface area contributed by atoms with Crippen molar-refractivity contribution in [2.45, 2.75) is 58.6 Å². The second kappa shape index (κ2) is 7.63. The first-order chi connectivity index (χ1) is 12.8. The van der Waals surface area contributed by atoms with Crippen LogP contribution >= 0.6 is 0 Å². The maximum absolute atomic E-state index is 12.6. The van der Waals surface area contributed by atoms with Crippen LogP contribution in [0.5, 0.6) is 11.5 Å². The van der Waals surface area contributed by atoms with Crippen molar-refractivity contribution in [3.8, 4) is 11.5 Å². The Hall–Kier alpha value is -2.49. The van der Waals surface area contributed by atoms with E-state index in [4.69, 9.17) is 9.47 Å². The van der Waals surface area contributed by atoms with Gasteiger partial charge in [0.15, 0.2) is 0 Å². The number of hydrogen-bond donors (Lipinski definition) is 1. The molecule has 0 fully saturated rings. The number of carbonyl (C=O) groups excluding carboxylic acids is 1. The smallest absolute Gasteiger partial charge is 0.220 e. The number of amides is 1. The van der Waals surface area contributed by atoms with Gasteiger partial charge in [-0.1, -0.05) is 24.3 Å². The van der Waals surface area contributed by atoms with Gasteiger partial charge in [-0.15, -0.1) is 0 Å². The Morgan fingerprint density at radius 3 is 2.70 bits per heavy atom. The van der Waals surface area contributed by atoms with Crippen LogP contribution in [0.1, 0.15) is 55.0 Å². The summed E-state index contributed by atoms with van der Waals surface area (Å²) in [7, 11) is 1.67. The Kier molecular flexibility index (Phi) is 5.45. The molecule has 2 aromatic carbocycles. The van der Waals surface area contributed by atoms with Gasteiger partial charge in [0.25, 0.3) is 0 Å². The molecule has 0 radical (unpaired) electrons. The van der Waals surface area contributed by atoms with Crippen LogP contribution < -0.4 is 14.8 Å². The van der Waals surface area contributed by atoms with E-state index in [1.54, 1.807) is 7.11 Å². The fourth-order valence-corrected chi connectivity index (χ4v) is 3.71. The average Bonchev–Trinajstić information content (AvgIpc) is 2.58. The second-order valence-electron chi connectivity index (χ2n) is 8.03. The summed E-state index contributed by atoms with van der Waals surface area (Å²) in [5.74, 6) is 1.82. The van der Waals surface area contributed by atoms with Crippen LogP contribution in [0.25, 0.3) is 0 Å². The summed E-state index contributed by atoms with van der Waals surface area (Å²) in [5, 5.41) is 3.21. The molecule has 2 aromatic rings. The highest BCUT2D eigenvalue weighted by Crippen LogP contribution is 2.39. The van der Waals surface area contributed by atoms with E-state index < -0.39 is 0 Å². The van der Waals surface area contributed by atoms with Crippen LogP contribution in [0.3, 0.4) is 0 Å². The van der Waals surface area contributed by atoms with Crippen molar-refractivity contribution < 1.29 is 14.3 Å². The minimum Gasteiger partial charge on any atom is -0.496 e. The minimum absolute atomic E-state index is 0.0190. The lowest BCUT2D eigenvalue weighted by Crippen LogP contribution is -2.41. The molecule has 4 nitrogen and oxygen atoms in total. The summed E-state index contributed by atoms with van der Waals surface area (Å²) < 4.78 is 11.4. The maximum atomic E-state index is 12.6. The third kappa shape index (κ3) is 4.62. The Labute approximate surface area is 161 Å². The number of hydrogen-bond acceptors (Lipinski definition) is 3. The molecule has 3 rings (SSSR count). The molecule has 1 heterocycles. The first-order valence-electron chi connectivity index (χ1n) is 9.50. The highest BCUT2D eigenvalue weighted by atomic mass is 16.5. The van der Waals surface area contributed by atoms with Crippen molar-refractivity contribution >= 4 is 5.91 Å². The van der Waals surface area contributed by atoms with Crippen LogP contribution in [0.2, 0.25) is 0 Å². The van der Waals surface area contributed by atoms with Crippen LogP contribution in [-0.4, -0.2) is 18.6 Å². The standard InChI is InChI=1S/C23H29NO3/c1-15-6-9-18-19(14-23(3,4)27-21(18)12-15)24-22(25)11-8-17-7-10-20(26-5)16(2)13-17/h6-7,9-10,12-13,19H,8,11,14H2,1-5H3,(H,24,25)/t19-/m1/s1. The first-order valence-corrected chi connectivity index (χ1v) is 9.50. The summed E-state index contributed by atoms with van der Waals surface area (Å²) in [5.41, 5.74) is 4.16. The largest absolute Gasteiger partial charge is 0.496 e. The summed E-state index contributed by atoms with van der Waals surface area (Å²) in [6.45, 7) is 8.20. The molecule has 4 heteroatoms. The third-order valence-corrected chi connectivity index (χ3v) is 5.06. The van der Waals surface area contributed by atoms with Crippen molar-refractivity contribution in [2.24, 2.45) is 0 Å². The predicted molar refractivity (Wildman–Crippen MR) is 107 cm³/mol. The van der Waals surface area contributed by atoms with Gasteiger partial charge >= 0.3 is 0 Å². The molecule has 0 bridgehead atoms. The predicted octanol–water partition coefficient (Wildman–Crippen LogP) is 4.66. The first kappa shape index (κ1) is 19.3. The molecule has 0 saturated heterocycles. The van der Waals surface area contributed by atoms with Crippen LogP contribution in [-0.2, 0) is 11.2 Å². The number of ether oxygens (including phenoxy) is 2. The van der Waals surface area contributed by atoms with Crippen molar-refractivity contribution in [1.82, 2.24) is 5.32 Å². The summed E-state index contributed by atoms with van der Waals surface area (Å²) >= 11 is 0. The molecule has 0 unspecified atom stereocenters. The Morgan fingerprint density at radius 2 is 2.00 bits per heavy atom. The van der Waals surface area contributed by atoms with Gasteiger partial charge in [0.2, 0.25) is 5.91 Å². The van der Waals surface area contributed by atoms with Gasteiger partial charge in [-0.05, 0) is 62.9 Å². The van der Waals surface area contributed by atoms with Crippen LogP contribution in [0.4, 0.5) is 0 Å². The minimum atomic E-state index is -0.300. The van der Waals surface area contributed by atoms with Gasteiger partial charge in [0.05, 0.1) is 13.2 Å². The number of rotatable bonds is 5. The molecule has 1 atom stereocenters. The SMILES string of the molecule is COc1ccc(CCC(=O)N[C@@H]2CC(C)(C)Oc3cc(C)ccc32)cc1C. The lowest BCUT2D eigenvalue weighted by Gasteiger charge is -2.38. The second-order valence-corrected chi connectivity index (χ2v) is 8.03. The van der Waals surface area contributed by atoms with Gasteiger partial charge in [-0.3, -0.25) is 4.79 Å². The molecule has 144 valence electrons. The molecule has 1 N–H and O–H groups in total. The third-order valence-electron chi connectivity index (χ3n) is 5.06. The number of carbonyl (C=O) groups is 1. The Balaban J connectivity index is 1.66. The molecule has 0 aromatic heterocycles. The molecular weight excluding hydrogens is 338 g/mol. The van der Waals surface area contributed by atoms with Gasteiger partial charge < -0.3 is 14.8 Å². The number of benzene rings is 2. The monoisotopic (exact) mass is 367 g/mol. The van der Waals surface area contributed by atoms with Crippen LogP contribution in [0, 0.1) is 13.8 Å². The summed E-state index contributed by atoms with van der Waals surface area (Å²) in [4.78, 5) is 12.6. The molecule has 1 amide bonds. The zero-order valence-electron chi connectivity index (χ0n) is 16.9. The van der Waals surface area contributed by atoms with E-state index in [0.29, 0.717) is 12.8 Å². The van der Waals surface area contributed by atoms with E-state index in [-0.39, 0.29) is 17.6 Å². The quantitative estimate of drug-likeness (QED) is 0.836. The van der Waals surface area contributed by atoms with Crippen molar-refractivity contribution in [3.63, 3.8) is 0 Å². The molecule has 1 aliphatic rings. The highest BCUT2D eigenvalue weighted by Gasteiger charge is 2.34. The summed E-state index contributed by atoms with van der Waals surface area (Å²) in [6.07, 6.45) is 1.94. The molecule has 0 aliphatic carbocycles. The number of methoxy groups -OCH3 is 1. The van der Waals surface area contributed by atoms with E-state index in [9.17, 15) is 4.79 Å². The van der Waals surface area contributed by atoms with Crippen molar-refractivity contribution in [2.75, 3.05) is 7.11 Å². The normalized spacial score (nSPS) is 17.6. The molecule has 1 aliphatic heterocycles. The maximum Gasteiger partial charge on any atom is 0.220 e. The van der Waals surface area contributed by atoms with Crippen LogP contribution in [0.15, 0.2) is 36.4 Å². The lowest BCUT2D eigenvalue weighted by molar-refractivity contribution is -0.122. The molecule has 27 heavy (non-hydrogen) atoms.